The normalized spacial score (nSPS) is 16.9. The van der Waals surface area contributed by atoms with E-state index in [-0.39, 0.29) is 22.6 Å². The Hall–Kier alpha value is -3.58. The summed E-state index contributed by atoms with van der Waals surface area (Å²) in [5, 5.41) is 8.91. The predicted octanol–water partition coefficient (Wildman–Crippen LogP) is 3.60. The van der Waals surface area contributed by atoms with E-state index in [1.807, 2.05) is 0 Å². The zero-order valence-corrected chi connectivity index (χ0v) is 17.3. The summed E-state index contributed by atoms with van der Waals surface area (Å²) in [7, 11) is 0. The van der Waals surface area contributed by atoms with E-state index >= 15 is 0 Å². The molecule has 1 N–H and O–H groups in total. The highest BCUT2D eigenvalue weighted by molar-refractivity contribution is 7.81. The van der Waals surface area contributed by atoms with Gasteiger partial charge in [0.15, 0.2) is 23.3 Å². The highest BCUT2D eigenvalue weighted by Gasteiger charge is 2.59. The lowest BCUT2D eigenvalue weighted by molar-refractivity contribution is -0.139. The van der Waals surface area contributed by atoms with Crippen LogP contribution in [0.5, 0.6) is 5.75 Å². The number of pyridine rings is 1. The van der Waals surface area contributed by atoms with Gasteiger partial charge >= 0.3 is 5.97 Å². The molecule has 158 valence electrons. The van der Waals surface area contributed by atoms with Crippen LogP contribution in [-0.4, -0.2) is 39.2 Å². The average Bonchev–Trinajstić information content (AvgIpc) is 2.93. The predicted molar refractivity (Wildman–Crippen MR) is 114 cm³/mol. The molecule has 1 aromatic heterocycles. The van der Waals surface area contributed by atoms with E-state index in [0.717, 1.165) is 6.42 Å². The van der Waals surface area contributed by atoms with Crippen LogP contribution < -0.4 is 14.5 Å². The number of thiocarbonyl (C=S) groups is 1. The first-order valence-corrected chi connectivity index (χ1v) is 9.86. The first-order chi connectivity index (χ1) is 14.8. The van der Waals surface area contributed by atoms with Crippen molar-refractivity contribution in [1.29, 1.82) is 0 Å². The first-order valence-electron chi connectivity index (χ1n) is 9.45. The van der Waals surface area contributed by atoms with Gasteiger partial charge in [-0.1, -0.05) is 6.57 Å². The zero-order chi connectivity index (χ0) is 22.3. The third-order valence-corrected chi connectivity index (χ3v) is 5.88. The number of anilines is 2. The minimum Gasteiger partial charge on any atom is -0.479 e. The number of rotatable bonds is 5. The minimum absolute atomic E-state index is 0.195. The lowest BCUT2D eigenvalue weighted by Gasteiger charge is -2.43. The van der Waals surface area contributed by atoms with Gasteiger partial charge in [0.25, 0.3) is 11.7 Å². The molecule has 1 aliphatic heterocycles. The number of halogens is 1. The summed E-state index contributed by atoms with van der Waals surface area (Å²) < 4.78 is 19.5. The number of hydrogen-bond acceptors (Lipinski definition) is 5. The number of carboxylic acid groups (broad SMARTS) is 1. The van der Waals surface area contributed by atoms with Crippen molar-refractivity contribution in [3.05, 3.63) is 53.3 Å². The molecule has 2 fully saturated rings. The molecule has 1 aliphatic carbocycles. The van der Waals surface area contributed by atoms with Crippen molar-refractivity contribution in [2.24, 2.45) is 0 Å². The second-order valence-corrected chi connectivity index (χ2v) is 7.75. The Morgan fingerprint density at radius 3 is 2.68 bits per heavy atom. The highest BCUT2D eigenvalue weighted by atomic mass is 32.1. The first kappa shape index (κ1) is 20.7. The Kier molecular flexibility index (Phi) is 5.07. The molecule has 0 unspecified atom stereocenters. The number of aliphatic carboxylic acids is 1. The second kappa shape index (κ2) is 7.59. The van der Waals surface area contributed by atoms with E-state index in [9.17, 15) is 14.0 Å². The van der Waals surface area contributed by atoms with Gasteiger partial charge in [-0.2, -0.15) is 0 Å². The molecule has 31 heavy (non-hydrogen) atoms. The number of ether oxygens (including phenoxy) is 1. The molecule has 1 spiro atoms. The molecule has 0 radical (unpaired) electrons. The molecule has 2 aromatic rings. The van der Waals surface area contributed by atoms with E-state index in [1.165, 1.54) is 23.2 Å². The summed E-state index contributed by atoms with van der Waals surface area (Å²) in [6.45, 7) is 8.22. The zero-order valence-electron chi connectivity index (χ0n) is 16.5. The maximum atomic E-state index is 14.6. The third kappa shape index (κ3) is 3.27. The van der Waals surface area contributed by atoms with E-state index < -0.39 is 23.9 Å². The monoisotopic (exact) mass is 440 g/mol. The molecule has 8 nitrogen and oxygen atoms in total. The molecule has 2 heterocycles. The highest BCUT2D eigenvalue weighted by Crippen LogP contribution is 2.48. The minimum atomic E-state index is -1.22. The van der Waals surface area contributed by atoms with Crippen LogP contribution in [0.2, 0.25) is 0 Å². The number of benzene rings is 1. The Morgan fingerprint density at radius 2 is 2.13 bits per heavy atom. The molecular weight excluding hydrogens is 423 g/mol. The number of nitrogens with zero attached hydrogens (tertiary/aromatic N) is 4. The number of carboxylic acids is 1. The molecule has 0 bridgehead atoms. The fourth-order valence-electron chi connectivity index (χ4n) is 3.89. The molecular formula is C21H17FN4O4S. The fourth-order valence-corrected chi connectivity index (χ4v) is 4.35. The van der Waals surface area contributed by atoms with Gasteiger partial charge in [-0.05, 0) is 62.2 Å². The maximum absolute atomic E-state index is 14.6. The molecule has 0 atom stereocenters. The smallest absolute Gasteiger partial charge is 0.341 e. The lowest BCUT2D eigenvalue weighted by atomic mass is 9.75. The molecule has 10 heteroatoms. The summed E-state index contributed by atoms with van der Waals surface area (Å²) in [5.41, 5.74) is 0.549. The Balaban J connectivity index is 1.71. The van der Waals surface area contributed by atoms with Crippen LogP contribution in [0.15, 0.2) is 30.5 Å². The van der Waals surface area contributed by atoms with Gasteiger partial charge in [0.05, 0.1) is 5.69 Å². The molecule has 1 saturated carbocycles. The van der Waals surface area contributed by atoms with Gasteiger partial charge in [0, 0.05) is 11.8 Å². The van der Waals surface area contributed by atoms with Crippen LogP contribution in [0, 0.1) is 19.3 Å². The number of hydrogen-bond donors (Lipinski definition) is 1. The van der Waals surface area contributed by atoms with Gasteiger partial charge in [0.1, 0.15) is 11.7 Å². The van der Waals surface area contributed by atoms with Crippen LogP contribution >= 0.6 is 12.2 Å². The van der Waals surface area contributed by atoms with Crippen LogP contribution in [-0.2, 0) is 9.59 Å². The Morgan fingerprint density at radius 1 is 1.39 bits per heavy atom. The van der Waals surface area contributed by atoms with E-state index in [0.29, 0.717) is 29.8 Å². The van der Waals surface area contributed by atoms with Gasteiger partial charge in [-0.25, -0.2) is 9.18 Å². The summed E-state index contributed by atoms with van der Waals surface area (Å²) in [6, 6.07) is 5.75. The fraction of sp³-hybridized carbons (Fsp3) is 0.286. The van der Waals surface area contributed by atoms with Crippen LogP contribution in [0.4, 0.5) is 21.6 Å². The van der Waals surface area contributed by atoms with Crippen molar-refractivity contribution < 1.29 is 23.8 Å². The number of amides is 1. The van der Waals surface area contributed by atoms with E-state index in [4.69, 9.17) is 28.6 Å². The average molecular weight is 440 g/mol. The molecule has 4 rings (SSSR count). The second-order valence-electron chi connectivity index (χ2n) is 7.39. The number of aromatic nitrogens is 1. The van der Waals surface area contributed by atoms with E-state index in [2.05, 4.69) is 9.83 Å². The van der Waals surface area contributed by atoms with Gasteiger partial charge in [-0.15, -0.1) is 4.98 Å². The summed E-state index contributed by atoms with van der Waals surface area (Å²) in [6.07, 6.45) is 3.39. The van der Waals surface area contributed by atoms with Crippen molar-refractivity contribution in [2.75, 3.05) is 16.4 Å². The van der Waals surface area contributed by atoms with Gasteiger partial charge < -0.3 is 19.6 Å². The van der Waals surface area contributed by atoms with Crippen molar-refractivity contribution in [3.8, 4) is 5.75 Å². The number of carbonyl (C=O) groups is 2. The van der Waals surface area contributed by atoms with Crippen molar-refractivity contribution in [2.45, 2.75) is 31.7 Å². The maximum Gasteiger partial charge on any atom is 0.341 e. The SMILES string of the molecule is [C-]#[N+]c1ncc(N2C(=O)C3(CCC3)N(c3ccc(OCC(=O)O)c(F)c3)C2=S)cc1C. The topological polar surface area (TPSA) is 87.3 Å². The van der Waals surface area contributed by atoms with Crippen LogP contribution in [0.3, 0.4) is 0 Å². The van der Waals surface area contributed by atoms with Crippen molar-refractivity contribution in [1.82, 2.24) is 4.98 Å². The molecule has 1 aromatic carbocycles. The van der Waals surface area contributed by atoms with Crippen LogP contribution in [0.1, 0.15) is 24.8 Å². The van der Waals surface area contributed by atoms with E-state index in [1.54, 1.807) is 24.0 Å². The summed E-state index contributed by atoms with van der Waals surface area (Å²) in [4.78, 5) is 34.6. The standard InChI is InChI=1S/C21H17FN4O4S/c1-12-8-14(10-24-18(12)23-2)25-19(29)21(6-3-7-21)26(20(25)31)13-4-5-16(15(22)9-13)30-11-17(27)28/h4-5,8-10H,3,6-7,11H2,1H3,(H,27,28). The quantitative estimate of drug-likeness (QED) is 0.561. The Bertz CT molecular complexity index is 1160. The van der Waals surface area contributed by atoms with Crippen molar-refractivity contribution >= 4 is 46.4 Å². The number of aryl methyl sites for hydroxylation is 1. The third-order valence-electron chi connectivity index (χ3n) is 5.52. The Labute approximate surface area is 182 Å². The summed E-state index contributed by atoms with van der Waals surface area (Å²) in [5.74, 6) is -2.13. The number of carbonyl (C=O) groups excluding carboxylic acids is 1. The van der Waals surface area contributed by atoms with Gasteiger partial charge in [0.2, 0.25) is 0 Å². The molecule has 2 aliphatic rings. The largest absolute Gasteiger partial charge is 0.479 e. The molecule has 1 saturated heterocycles. The van der Waals surface area contributed by atoms with Crippen molar-refractivity contribution in [3.63, 3.8) is 0 Å². The van der Waals surface area contributed by atoms with Gasteiger partial charge in [-0.3, -0.25) is 9.69 Å². The van der Waals surface area contributed by atoms with Crippen LogP contribution in [0.25, 0.3) is 4.85 Å². The lowest BCUT2D eigenvalue weighted by Crippen LogP contribution is -2.55. The summed E-state index contributed by atoms with van der Waals surface area (Å²) >= 11 is 5.63. The molecule has 1 amide bonds.